The third-order valence-corrected chi connectivity index (χ3v) is 2.97. The van der Waals surface area contributed by atoms with Crippen molar-refractivity contribution in [1.82, 2.24) is 10.6 Å². The minimum atomic E-state index is -1.11. The summed E-state index contributed by atoms with van der Waals surface area (Å²) in [7, 11) is 0. The first kappa shape index (κ1) is 13.1. The number of nitrogens with one attached hydrogen (secondary N) is 2. The fourth-order valence-electron chi connectivity index (χ4n) is 1.74. The van der Waals surface area contributed by atoms with Crippen molar-refractivity contribution in [3.05, 3.63) is 35.9 Å². The Balaban J connectivity index is 1.96. The zero-order valence-electron chi connectivity index (χ0n) is 10.2. The summed E-state index contributed by atoms with van der Waals surface area (Å²) in [5.74, 6) is -1.89. The van der Waals surface area contributed by atoms with E-state index < -0.39 is 24.0 Å². The number of carboxylic acid groups (broad SMARTS) is 1. The van der Waals surface area contributed by atoms with Gasteiger partial charge in [0.05, 0.1) is 0 Å². The number of hydrogen-bond acceptors (Lipinski definition) is 3. The Hall–Kier alpha value is -2.37. The highest BCUT2D eigenvalue weighted by atomic mass is 16.4. The zero-order chi connectivity index (χ0) is 13.9. The number of hydrogen-bond donors (Lipinski definition) is 3. The van der Waals surface area contributed by atoms with E-state index in [4.69, 9.17) is 5.11 Å². The lowest BCUT2D eigenvalue weighted by atomic mass is 10.1. The first-order valence-electron chi connectivity index (χ1n) is 5.91. The van der Waals surface area contributed by atoms with Crippen molar-refractivity contribution >= 4 is 17.8 Å². The van der Waals surface area contributed by atoms with E-state index in [9.17, 15) is 14.4 Å². The van der Waals surface area contributed by atoms with Gasteiger partial charge in [0.1, 0.15) is 12.1 Å². The van der Waals surface area contributed by atoms with Gasteiger partial charge >= 0.3 is 5.97 Å². The number of amides is 2. The van der Waals surface area contributed by atoms with Gasteiger partial charge in [0.25, 0.3) is 5.91 Å². The van der Waals surface area contributed by atoms with Gasteiger partial charge in [-0.05, 0) is 25.0 Å². The van der Waals surface area contributed by atoms with Gasteiger partial charge in [0, 0.05) is 5.56 Å². The summed E-state index contributed by atoms with van der Waals surface area (Å²) in [6, 6.07) is 8.57. The zero-order valence-corrected chi connectivity index (χ0v) is 10.2. The van der Waals surface area contributed by atoms with Crippen LogP contribution in [0.25, 0.3) is 0 Å². The predicted octanol–water partition coefficient (Wildman–Crippen LogP) is 0.150. The van der Waals surface area contributed by atoms with Crippen molar-refractivity contribution in [2.75, 3.05) is 6.54 Å². The Morgan fingerprint density at radius 3 is 2.32 bits per heavy atom. The molecular formula is C13H14N2O4. The van der Waals surface area contributed by atoms with E-state index in [0.29, 0.717) is 18.4 Å². The molecule has 100 valence electrons. The summed E-state index contributed by atoms with van der Waals surface area (Å²) >= 11 is 0. The quantitative estimate of drug-likeness (QED) is 0.704. The molecule has 0 radical (unpaired) electrons. The van der Waals surface area contributed by atoms with Gasteiger partial charge in [0.15, 0.2) is 0 Å². The summed E-state index contributed by atoms with van der Waals surface area (Å²) in [6.45, 7) is -0.443. The van der Waals surface area contributed by atoms with E-state index in [0.717, 1.165) is 0 Å². The fraction of sp³-hybridized carbons (Fsp3) is 0.308. The van der Waals surface area contributed by atoms with Crippen molar-refractivity contribution < 1.29 is 19.5 Å². The van der Waals surface area contributed by atoms with Crippen molar-refractivity contribution in [2.24, 2.45) is 0 Å². The second-order valence-electron chi connectivity index (χ2n) is 4.48. The molecule has 0 aliphatic heterocycles. The molecule has 0 atom stereocenters. The molecule has 0 spiro atoms. The highest BCUT2D eigenvalue weighted by Crippen LogP contribution is 2.35. The van der Waals surface area contributed by atoms with Crippen LogP contribution in [0.15, 0.2) is 30.3 Å². The third kappa shape index (κ3) is 3.09. The summed E-state index contributed by atoms with van der Waals surface area (Å²) < 4.78 is 0. The number of carbonyl (C=O) groups excluding carboxylic acids is 2. The first-order valence-corrected chi connectivity index (χ1v) is 5.91. The lowest BCUT2D eigenvalue weighted by molar-refractivity contribution is -0.138. The van der Waals surface area contributed by atoms with Crippen molar-refractivity contribution in [1.29, 1.82) is 0 Å². The number of carboxylic acids is 1. The van der Waals surface area contributed by atoms with Gasteiger partial charge in [-0.2, -0.15) is 0 Å². The second kappa shape index (κ2) is 5.09. The lowest BCUT2D eigenvalue weighted by Gasteiger charge is -2.16. The Labute approximate surface area is 109 Å². The van der Waals surface area contributed by atoms with Gasteiger partial charge in [-0.15, -0.1) is 0 Å². The van der Waals surface area contributed by atoms with E-state index >= 15 is 0 Å². The standard InChI is InChI=1S/C13H14N2O4/c16-10(17)8-14-12(19)13(6-7-13)15-11(18)9-4-2-1-3-5-9/h1-5H,6-8H2,(H,14,19)(H,15,18)(H,16,17). The summed E-state index contributed by atoms with van der Waals surface area (Å²) in [6.07, 6.45) is 1.05. The van der Waals surface area contributed by atoms with E-state index in [2.05, 4.69) is 10.6 Å². The van der Waals surface area contributed by atoms with Crippen LogP contribution in [0, 0.1) is 0 Å². The van der Waals surface area contributed by atoms with Gasteiger partial charge in [-0.1, -0.05) is 18.2 Å². The first-order chi connectivity index (χ1) is 9.03. The molecule has 1 aliphatic rings. The highest BCUT2D eigenvalue weighted by molar-refractivity contribution is 6.01. The molecule has 0 heterocycles. The van der Waals surface area contributed by atoms with E-state index in [1.165, 1.54) is 0 Å². The van der Waals surface area contributed by atoms with Crippen LogP contribution in [0.1, 0.15) is 23.2 Å². The maximum absolute atomic E-state index is 11.9. The number of rotatable bonds is 5. The monoisotopic (exact) mass is 262 g/mol. The molecule has 0 unspecified atom stereocenters. The topological polar surface area (TPSA) is 95.5 Å². The smallest absolute Gasteiger partial charge is 0.322 e. The molecule has 6 heteroatoms. The average molecular weight is 262 g/mol. The van der Waals surface area contributed by atoms with Crippen LogP contribution in [0.3, 0.4) is 0 Å². The second-order valence-corrected chi connectivity index (χ2v) is 4.48. The molecule has 0 bridgehead atoms. The van der Waals surface area contributed by atoms with Crippen molar-refractivity contribution in [3.63, 3.8) is 0 Å². The minimum Gasteiger partial charge on any atom is -0.480 e. The van der Waals surface area contributed by atoms with Crippen molar-refractivity contribution in [2.45, 2.75) is 18.4 Å². The molecule has 0 saturated heterocycles. The Bertz CT molecular complexity index is 509. The fourth-order valence-corrected chi connectivity index (χ4v) is 1.74. The van der Waals surface area contributed by atoms with Gasteiger partial charge in [0.2, 0.25) is 5.91 Å². The molecule has 1 aliphatic carbocycles. The molecule has 2 amide bonds. The SMILES string of the molecule is O=C(O)CNC(=O)C1(NC(=O)c2ccccc2)CC1. The van der Waals surface area contributed by atoms with Crippen LogP contribution in [-0.2, 0) is 9.59 Å². The third-order valence-electron chi connectivity index (χ3n) is 2.97. The van der Waals surface area contributed by atoms with Crippen LogP contribution < -0.4 is 10.6 Å². The molecule has 1 aromatic carbocycles. The Kier molecular flexibility index (Phi) is 3.50. The number of aliphatic carboxylic acids is 1. The maximum atomic E-state index is 11.9. The summed E-state index contributed by atoms with van der Waals surface area (Å²) in [5.41, 5.74) is -0.470. The maximum Gasteiger partial charge on any atom is 0.322 e. The van der Waals surface area contributed by atoms with Gasteiger partial charge in [-0.3, -0.25) is 14.4 Å². The molecule has 19 heavy (non-hydrogen) atoms. The highest BCUT2D eigenvalue weighted by Gasteiger charge is 2.51. The van der Waals surface area contributed by atoms with Gasteiger partial charge in [-0.25, -0.2) is 0 Å². The molecule has 3 N–H and O–H groups in total. The molecule has 0 aromatic heterocycles. The number of carbonyl (C=O) groups is 3. The van der Waals surface area contributed by atoms with Crippen molar-refractivity contribution in [3.8, 4) is 0 Å². The normalized spacial score (nSPS) is 15.4. The van der Waals surface area contributed by atoms with Crippen LogP contribution in [0.4, 0.5) is 0 Å². The van der Waals surface area contributed by atoms with E-state index in [1.807, 2.05) is 0 Å². The van der Waals surface area contributed by atoms with Gasteiger partial charge < -0.3 is 15.7 Å². The predicted molar refractivity (Wildman–Crippen MR) is 66.5 cm³/mol. The number of benzene rings is 1. The molecule has 1 fully saturated rings. The Morgan fingerprint density at radius 2 is 1.79 bits per heavy atom. The lowest BCUT2D eigenvalue weighted by Crippen LogP contribution is -2.50. The van der Waals surface area contributed by atoms with Crippen LogP contribution in [0.2, 0.25) is 0 Å². The van der Waals surface area contributed by atoms with E-state index in [1.54, 1.807) is 30.3 Å². The minimum absolute atomic E-state index is 0.330. The molecular weight excluding hydrogens is 248 g/mol. The largest absolute Gasteiger partial charge is 0.480 e. The van der Waals surface area contributed by atoms with E-state index in [-0.39, 0.29) is 5.91 Å². The van der Waals surface area contributed by atoms with Crippen LogP contribution in [0.5, 0.6) is 0 Å². The average Bonchev–Trinajstić information content (AvgIpc) is 3.17. The Morgan fingerprint density at radius 1 is 1.16 bits per heavy atom. The molecule has 1 saturated carbocycles. The van der Waals surface area contributed by atoms with Crippen LogP contribution >= 0.6 is 0 Å². The molecule has 1 aromatic rings. The summed E-state index contributed by atoms with van der Waals surface area (Å²) in [5, 5.41) is 13.5. The molecule has 6 nitrogen and oxygen atoms in total. The summed E-state index contributed by atoms with van der Waals surface area (Å²) in [4.78, 5) is 34.1. The molecule has 2 rings (SSSR count). The van der Waals surface area contributed by atoms with Crippen LogP contribution in [-0.4, -0.2) is 35.0 Å².